The van der Waals surface area contributed by atoms with Crippen molar-refractivity contribution in [2.75, 3.05) is 0 Å². The number of hydrogen-bond donors (Lipinski definition) is 1. The first-order valence-electron chi connectivity index (χ1n) is 2.86. The molecule has 1 aromatic heterocycles. The van der Waals surface area contributed by atoms with Crippen molar-refractivity contribution in [3.63, 3.8) is 0 Å². The Morgan fingerprint density at radius 3 is 3.20 bits per heavy atom. The van der Waals surface area contributed by atoms with Gasteiger partial charge in [0.1, 0.15) is 6.10 Å². The van der Waals surface area contributed by atoms with Gasteiger partial charge in [0.25, 0.3) is 0 Å². The fraction of sp³-hybridized carbons (Fsp3) is 0.333. The Bertz CT molecular complexity index is 196. The number of carbonyl (C=O) groups excluding carboxylic acids is 1. The van der Waals surface area contributed by atoms with Crippen molar-refractivity contribution in [3.05, 3.63) is 18.2 Å². The molecule has 4 heteroatoms. The highest BCUT2D eigenvalue weighted by atomic mass is 16.5. The van der Waals surface area contributed by atoms with E-state index in [1.54, 1.807) is 13.1 Å². The predicted molar refractivity (Wildman–Crippen MR) is 33.8 cm³/mol. The highest BCUT2D eigenvalue weighted by molar-refractivity contribution is 5.39. The molecule has 1 heterocycles. The van der Waals surface area contributed by atoms with Gasteiger partial charge >= 0.3 is 6.47 Å². The molecule has 0 saturated carbocycles. The minimum Gasteiger partial charge on any atom is -0.448 e. The van der Waals surface area contributed by atoms with E-state index >= 15 is 0 Å². The second-order valence-electron chi connectivity index (χ2n) is 1.84. The molecule has 1 radical (unpaired) electrons. The topological polar surface area (TPSA) is 55.0 Å². The molecule has 1 rings (SSSR count). The third kappa shape index (κ3) is 1.34. The van der Waals surface area contributed by atoms with Gasteiger partial charge in [-0.3, -0.25) is 0 Å². The Kier molecular flexibility index (Phi) is 2.04. The van der Waals surface area contributed by atoms with Gasteiger partial charge in [0.15, 0.2) is 0 Å². The summed E-state index contributed by atoms with van der Waals surface area (Å²) in [6, 6.07) is 0. The van der Waals surface area contributed by atoms with Crippen LogP contribution >= 0.6 is 0 Å². The summed E-state index contributed by atoms with van der Waals surface area (Å²) in [6.07, 6.45) is 2.88. The van der Waals surface area contributed by atoms with Gasteiger partial charge in [-0.15, -0.1) is 0 Å². The number of imidazole rings is 1. The van der Waals surface area contributed by atoms with Crippen LogP contribution in [0, 0.1) is 0 Å². The number of nitrogens with one attached hydrogen (secondary N) is 1. The van der Waals surface area contributed by atoms with Gasteiger partial charge in [-0.2, -0.15) is 0 Å². The van der Waals surface area contributed by atoms with Crippen LogP contribution in [-0.4, -0.2) is 16.4 Å². The zero-order chi connectivity index (χ0) is 7.40. The smallest absolute Gasteiger partial charge is 0.418 e. The molecule has 0 fully saturated rings. The maximum absolute atomic E-state index is 9.73. The third-order valence-corrected chi connectivity index (χ3v) is 1.16. The average Bonchev–Trinajstić information content (AvgIpc) is 2.38. The molecule has 0 aliphatic heterocycles. The minimum absolute atomic E-state index is 0.316. The quantitative estimate of drug-likeness (QED) is 0.665. The van der Waals surface area contributed by atoms with E-state index in [1.165, 1.54) is 12.8 Å². The van der Waals surface area contributed by atoms with Crippen LogP contribution in [0.3, 0.4) is 0 Å². The van der Waals surface area contributed by atoms with Crippen molar-refractivity contribution < 1.29 is 9.53 Å². The van der Waals surface area contributed by atoms with Crippen molar-refractivity contribution in [1.82, 2.24) is 9.97 Å². The number of nitrogens with zero attached hydrogens (tertiary/aromatic N) is 1. The van der Waals surface area contributed by atoms with Gasteiger partial charge in [0.2, 0.25) is 0 Å². The fourth-order valence-corrected chi connectivity index (χ4v) is 0.627. The first kappa shape index (κ1) is 6.80. The lowest BCUT2D eigenvalue weighted by atomic mass is 10.3. The Balaban J connectivity index is 2.58. The number of H-pyrrole nitrogens is 1. The second kappa shape index (κ2) is 3.00. The minimum atomic E-state index is -0.316. The van der Waals surface area contributed by atoms with E-state index in [0.29, 0.717) is 5.69 Å². The molecule has 4 nitrogen and oxygen atoms in total. The molecule has 0 saturated heterocycles. The predicted octanol–water partition coefficient (Wildman–Crippen LogP) is 0.554. The van der Waals surface area contributed by atoms with Crippen LogP contribution in [0.4, 0.5) is 0 Å². The first-order valence-corrected chi connectivity index (χ1v) is 2.86. The molecule has 0 aliphatic rings. The fourth-order valence-electron chi connectivity index (χ4n) is 0.627. The summed E-state index contributed by atoms with van der Waals surface area (Å²) < 4.78 is 4.50. The summed E-state index contributed by atoms with van der Waals surface area (Å²) in [5, 5.41) is 0. The largest absolute Gasteiger partial charge is 0.448 e. The molecule has 0 spiro atoms. The summed E-state index contributed by atoms with van der Waals surface area (Å²) in [6.45, 7) is 3.08. The number of rotatable bonds is 3. The normalized spacial score (nSPS) is 12.5. The van der Waals surface area contributed by atoms with E-state index in [9.17, 15) is 4.79 Å². The maximum atomic E-state index is 9.73. The van der Waals surface area contributed by atoms with Gasteiger partial charge < -0.3 is 9.72 Å². The summed E-state index contributed by atoms with van der Waals surface area (Å²) in [4.78, 5) is 16.3. The van der Waals surface area contributed by atoms with E-state index in [4.69, 9.17) is 0 Å². The second-order valence-corrected chi connectivity index (χ2v) is 1.84. The Morgan fingerprint density at radius 1 is 1.90 bits per heavy atom. The van der Waals surface area contributed by atoms with E-state index in [1.807, 2.05) is 0 Å². The SMILES string of the molecule is CC(O[C]=O)c1c[nH]cn1. The molecular weight excluding hydrogens is 132 g/mol. The molecule has 53 valence electrons. The van der Waals surface area contributed by atoms with Crippen LogP contribution < -0.4 is 0 Å². The summed E-state index contributed by atoms with van der Waals surface area (Å²) in [5.41, 5.74) is 0.698. The van der Waals surface area contributed by atoms with Crippen LogP contribution in [0.1, 0.15) is 18.7 Å². The lowest BCUT2D eigenvalue weighted by molar-refractivity contribution is 0.194. The molecule has 0 aromatic carbocycles. The highest BCUT2D eigenvalue weighted by Crippen LogP contribution is 2.10. The molecule has 1 aromatic rings. The Morgan fingerprint density at radius 2 is 2.70 bits per heavy atom. The molecule has 0 bridgehead atoms. The van der Waals surface area contributed by atoms with Crippen molar-refractivity contribution >= 4 is 6.47 Å². The van der Waals surface area contributed by atoms with Gasteiger partial charge in [-0.05, 0) is 6.92 Å². The Labute approximate surface area is 58.2 Å². The molecule has 1 unspecified atom stereocenters. The highest BCUT2D eigenvalue weighted by Gasteiger charge is 2.06. The molecular formula is C6H7N2O2. The van der Waals surface area contributed by atoms with Crippen LogP contribution in [0.5, 0.6) is 0 Å². The van der Waals surface area contributed by atoms with Gasteiger partial charge in [-0.1, -0.05) is 0 Å². The number of aromatic amines is 1. The van der Waals surface area contributed by atoms with Crippen molar-refractivity contribution in [1.29, 1.82) is 0 Å². The number of hydrogen-bond acceptors (Lipinski definition) is 3. The van der Waals surface area contributed by atoms with Gasteiger partial charge in [0.05, 0.1) is 12.0 Å². The van der Waals surface area contributed by atoms with Gasteiger partial charge in [0, 0.05) is 6.20 Å². The van der Waals surface area contributed by atoms with E-state index in [2.05, 4.69) is 14.7 Å². The Hall–Kier alpha value is -1.32. The monoisotopic (exact) mass is 139 g/mol. The van der Waals surface area contributed by atoms with E-state index in [0.717, 1.165) is 0 Å². The van der Waals surface area contributed by atoms with Crippen molar-refractivity contribution in [3.8, 4) is 0 Å². The van der Waals surface area contributed by atoms with Crippen LogP contribution in [0.15, 0.2) is 12.5 Å². The number of aromatic nitrogens is 2. The van der Waals surface area contributed by atoms with Crippen molar-refractivity contribution in [2.45, 2.75) is 13.0 Å². The van der Waals surface area contributed by atoms with Crippen LogP contribution in [0.2, 0.25) is 0 Å². The summed E-state index contributed by atoms with van der Waals surface area (Å²) in [5.74, 6) is 0. The molecule has 1 atom stereocenters. The van der Waals surface area contributed by atoms with E-state index < -0.39 is 0 Å². The standard InChI is InChI=1S/C6H7N2O2/c1-5(10-4-9)6-2-7-3-8-6/h2-3,5H,1H3,(H,7,8). The lowest BCUT2D eigenvalue weighted by Gasteiger charge is -2.02. The zero-order valence-corrected chi connectivity index (χ0v) is 5.50. The van der Waals surface area contributed by atoms with E-state index in [-0.39, 0.29) is 6.10 Å². The first-order chi connectivity index (χ1) is 4.84. The van der Waals surface area contributed by atoms with Crippen molar-refractivity contribution in [2.24, 2.45) is 0 Å². The lowest BCUT2D eigenvalue weighted by Crippen LogP contribution is -1.97. The zero-order valence-electron chi connectivity index (χ0n) is 5.50. The number of ether oxygens (including phenoxy) is 1. The summed E-state index contributed by atoms with van der Waals surface area (Å²) >= 11 is 0. The van der Waals surface area contributed by atoms with Crippen LogP contribution in [-0.2, 0) is 9.53 Å². The molecule has 0 aliphatic carbocycles. The third-order valence-electron chi connectivity index (χ3n) is 1.16. The molecule has 1 N–H and O–H groups in total. The molecule has 0 amide bonds. The maximum Gasteiger partial charge on any atom is 0.418 e. The van der Waals surface area contributed by atoms with Gasteiger partial charge in [-0.25, -0.2) is 9.78 Å². The molecule has 10 heavy (non-hydrogen) atoms. The van der Waals surface area contributed by atoms with Crippen LogP contribution in [0.25, 0.3) is 0 Å². The average molecular weight is 139 g/mol. The summed E-state index contributed by atoms with van der Waals surface area (Å²) in [7, 11) is 0.